The molecule has 11 heteroatoms. The van der Waals surface area contributed by atoms with Gasteiger partial charge in [0.1, 0.15) is 11.4 Å². The van der Waals surface area contributed by atoms with E-state index >= 15 is 0 Å². The van der Waals surface area contributed by atoms with Gasteiger partial charge in [0, 0.05) is 56.4 Å². The molecule has 3 aromatic rings. The van der Waals surface area contributed by atoms with Crippen LogP contribution in [0.15, 0.2) is 60.7 Å². The van der Waals surface area contributed by atoms with Crippen LogP contribution in [0.3, 0.4) is 0 Å². The summed E-state index contributed by atoms with van der Waals surface area (Å²) < 4.78 is 10.8. The number of carbonyl (C=O) groups is 4. The molecule has 11 nitrogen and oxygen atoms in total. The van der Waals surface area contributed by atoms with Crippen molar-refractivity contribution in [1.29, 1.82) is 0 Å². The van der Waals surface area contributed by atoms with Crippen molar-refractivity contribution >= 4 is 35.2 Å². The quantitative estimate of drug-likeness (QED) is 0.177. The van der Waals surface area contributed by atoms with Gasteiger partial charge in [-0.25, -0.2) is 4.79 Å². The molecule has 51 heavy (non-hydrogen) atoms. The molecule has 1 saturated carbocycles. The van der Waals surface area contributed by atoms with Crippen LogP contribution in [-0.4, -0.2) is 65.0 Å². The van der Waals surface area contributed by atoms with E-state index in [1.54, 1.807) is 18.2 Å². The number of hydrogen-bond donors (Lipinski definition) is 3. The molecule has 0 saturated heterocycles. The van der Waals surface area contributed by atoms with Gasteiger partial charge < -0.3 is 35.2 Å². The molecule has 1 aliphatic carbocycles. The molecule has 2 heterocycles. The summed E-state index contributed by atoms with van der Waals surface area (Å²) in [7, 11) is 0. The van der Waals surface area contributed by atoms with Gasteiger partial charge in [-0.2, -0.15) is 0 Å². The number of alkyl carbamates (subject to hydrolysis) is 1. The van der Waals surface area contributed by atoms with E-state index in [-0.39, 0.29) is 30.4 Å². The molecular formula is C40H49N5O6. The summed E-state index contributed by atoms with van der Waals surface area (Å²) in [6, 6.07) is 20.2. The summed E-state index contributed by atoms with van der Waals surface area (Å²) in [5.74, 6) is 0.472. The van der Waals surface area contributed by atoms with Crippen LogP contribution < -0.4 is 20.7 Å². The van der Waals surface area contributed by atoms with E-state index in [0.29, 0.717) is 49.6 Å². The van der Waals surface area contributed by atoms with Gasteiger partial charge >= 0.3 is 6.09 Å². The minimum atomic E-state index is -0.509. The van der Waals surface area contributed by atoms with Crippen molar-refractivity contribution in [2.45, 2.75) is 97.0 Å². The first-order chi connectivity index (χ1) is 24.5. The number of hydrogen-bond acceptors (Lipinski definition) is 7. The number of benzene rings is 3. The lowest BCUT2D eigenvalue weighted by Gasteiger charge is -2.29. The minimum absolute atomic E-state index is 0.0343. The fourth-order valence-electron chi connectivity index (χ4n) is 6.41. The van der Waals surface area contributed by atoms with E-state index in [1.165, 1.54) is 11.1 Å². The summed E-state index contributed by atoms with van der Waals surface area (Å²) in [5, 5.41) is 9.09. The van der Waals surface area contributed by atoms with Crippen molar-refractivity contribution in [3.63, 3.8) is 0 Å². The van der Waals surface area contributed by atoms with Crippen LogP contribution in [0.4, 0.5) is 16.2 Å². The molecule has 270 valence electrons. The third kappa shape index (κ3) is 10.0. The Labute approximate surface area is 300 Å². The summed E-state index contributed by atoms with van der Waals surface area (Å²) in [6.07, 6.45) is 5.42. The second kappa shape index (κ2) is 15.9. The number of amides is 4. The lowest BCUT2D eigenvalue weighted by atomic mass is 9.98. The first-order valence-electron chi connectivity index (χ1n) is 18.1. The second-order valence-corrected chi connectivity index (χ2v) is 14.7. The number of unbranched alkanes of at least 4 members (excludes halogenated alkanes) is 2. The maximum atomic E-state index is 13.5. The number of nitrogens with one attached hydrogen (secondary N) is 3. The molecule has 0 atom stereocenters. The van der Waals surface area contributed by atoms with Gasteiger partial charge in [0.25, 0.3) is 11.8 Å². The van der Waals surface area contributed by atoms with E-state index < -0.39 is 11.7 Å². The number of ether oxygens (including phenoxy) is 2. The highest BCUT2D eigenvalue weighted by atomic mass is 16.6. The van der Waals surface area contributed by atoms with Crippen LogP contribution in [0.25, 0.3) is 0 Å². The maximum Gasteiger partial charge on any atom is 0.407 e. The molecule has 1 fully saturated rings. The molecule has 3 aliphatic rings. The fourth-order valence-corrected chi connectivity index (χ4v) is 6.41. The van der Waals surface area contributed by atoms with E-state index in [4.69, 9.17) is 9.47 Å². The second-order valence-electron chi connectivity index (χ2n) is 14.7. The maximum absolute atomic E-state index is 13.5. The van der Waals surface area contributed by atoms with E-state index in [2.05, 4.69) is 58.4 Å². The fraction of sp³-hybridized carbons (Fsp3) is 0.450. The summed E-state index contributed by atoms with van der Waals surface area (Å²) in [4.78, 5) is 53.7. The number of anilines is 2. The Hall–Kier alpha value is -5.06. The first kappa shape index (κ1) is 35.8. The van der Waals surface area contributed by atoms with Gasteiger partial charge in [0.2, 0.25) is 5.91 Å². The first-order valence-corrected chi connectivity index (χ1v) is 18.1. The molecule has 3 N–H and O–H groups in total. The molecule has 0 bridgehead atoms. The molecule has 6 rings (SSSR count). The predicted molar refractivity (Wildman–Crippen MR) is 195 cm³/mol. The zero-order chi connectivity index (χ0) is 36.0. The Morgan fingerprint density at radius 3 is 2.51 bits per heavy atom. The average Bonchev–Trinajstić information content (AvgIpc) is 3.95. The van der Waals surface area contributed by atoms with Gasteiger partial charge in [0.05, 0.1) is 5.69 Å². The van der Waals surface area contributed by atoms with Gasteiger partial charge in [-0.1, -0.05) is 36.8 Å². The summed E-state index contributed by atoms with van der Waals surface area (Å²) in [6.45, 7) is 8.57. The number of fused-ring (bicyclic) bond motifs is 2. The molecule has 0 radical (unpaired) electrons. The molecule has 0 spiro atoms. The van der Waals surface area contributed by atoms with Crippen molar-refractivity contribution in [2.75, 3.05) is 30.3 Å². The molecule has 2 aliphatic heterocycles. The zero-order valence-corrected chi connectivity index (χ0v) is 29.9. The third-order valence-corrected chi connectivity index (χ3v) is 9.29. The van der Waals surface area contributed by atoms with Crippen molar-refractivity contribution in [3.05, 3.63) is 88.5 Å². The van der Waals surface area contributed by atoms with E-state index in [1.807, 2.05) is 30.6 Å². The van der Waals surface area contributed by atoms with Gasteiger partial charge in [-0.05, 0) is 105 Å². The lowest BCUT2D eigenvalue weighted by Crippen LogP contribution is -2.35. The van der Waals surface area contributed by atoms with Crippen LogP contribution >= 0.6 is 0 Å². The third-order valence-electron chi connectivity index (χ3n) is 9.29. The normalized spacial score (nSPS) is 15.1. The molecular weight excluding hydrogens is 646 g/mol. The molecule has 0 aromatic heterocycles. The van der Waals surface area contributed by atoms with Gasteiger partial charge in [-0.3, -0.25) is 14.4 Å². The van der Waals surface area contributed by atoms with Gasteiger partial charge in [-0.15, -0.1) is 0 Å². The number of nitrogens with zero attached hydrogens (tertiary/aromatic N) is 2. The largest absolute Gasteiger partial charge is 0.482 e. The summed E-state index contributed by atoms with van der Waals surface area (Å²) in [5.41, 5.74) is 6.37. The highest BCUT2D eigenvalue weighted by Gasteiger charge is 2.33. The SMILES string of the molecule is CC(C)(C)OC(=O)NCCCCCC(=O)N1CCc2cc(NCc3ccc(CN(C(=O)c4ccc5c(c4)OCC(=O)N5)C4CC4)cc3)ccc2C1. The lowest BCUT2D eigenvalue weighted by molar-refractivity contribution is -0.132. The summed E-state index contributed by atoms with van der Waals surface area (Å²) >= 11 is 0. The monoisotopic (exact) mass is 695 g/mol. The standard InChI is InChI=1S/C40H49N5O6/c1-40(2,3)51-39(49)41-19-6-4-5-7-37(47)44-20-18-29-21-32(14-12-31(29)25-44)42-23-27-8-10-28(11-9-27)24-45(33-15-16-33)38(48)30-13-17-34-35(22-30)50-26-36(46)43-34/h8-14,17,21-22,33,42H,4-7,15-16,18-20,23-26H2,1-3H3,(H,41,49)(H,43,46). The van der Waals surface area contributed by atoms with Crippen LogP contribution in [0.1, 0.15) is 91.9 Å². The highest BCUT2D eigenvalue weighted by molar-refractivity contribution is 5.99. The smallest absolute Gasteiger partial charge is 0.407 e. The Balaban J connectivity index is 0.934. The predicted octanol–water partition coefficient (Wildman–Crippen LogP) is 6.40. The average molecular weight is 696 g/mol. The topological polar surface area (TPSA) is 129 Å². The van der Waals surface area contributed by atoms with E-state index in [0.717, 1.165) is 61.9 Å². The number of rotatable bonds is 13. The van der Waals surface area contributed by atoms with Crippen LogP contribution in [-0.2, 0) is 40.4 Å². The Morgan fingerprint density at radius 1 is 0.961 bits per heavy atom. The van der Waals surface area contributed by atoms with Crippen molar-refractivity contribution in [1.82, 2.24) is 15.1 Å². The van der Waals surface area contributed by atoms with Gasteiger partial charge in [0.15, 0.2) is 6.61 Å². The van der Waals surface area contributed by atoms with Crippen molar-refractivity contribution < 1.29 is 28.7 Å². The Kier molecular flexibility index (Phi) is 11.1. The minimum Gasteiger partial charge on any atom is -0.482 e. The molecule has 0 unspecified atom stereocenters. The molecule has 3 aromatic carbocycles. The zero-order valence-electron chi connectivity index (χ0n) is 29.9. The van der Waals surface area contributed by atoms with Crippen LogP contribution in [0, 0.1) is 0 Å². The Morgan fingerprint density at radius 2 is 1.75 bits per heavy atom. The van der Waals surface area contributed by atoms with Crippen LogP contribution in [0.2, 0.25) is 0 Å². The number of carbonyl (C=O) groups excluding carboxylic acids is 4. The van der Waals surface area contributed by atoms with Crippen molar-refractivity contribution in [2.24, 2.45) is 0 Å². The highest BCUT2D eigenvalue weighted by Crippen LogP contribution is 2.33. The van der Waals surface area contributed by atoms with Crippen LogP contribution in [0.5, 0.6) is 5.75 Å². The van der Waals surface area contributed by atoms with E-state index in [9.17, 15) is 19.2 Å². The Bertz CT molecular complexity index is 1750. The molecule has 4 amide bonds. The van der Waals surface area contributed by atoms with Crippen molar-refractivity contribution in [3.8, 4) is 5.75 Å².